The van der Waals surface area contributed by atoms with Crippen molar-refractivity contribution in [3.63, 3.8) is 0 Å². The lowest BCUT2D eigenvalue weighted by atomic mass is 10.0. The van der Waals surface area contributed by atoms with Crippen molar-refractivity contribution in [1.82, 2.24) is 0 Å². The minimum Gasteiger partial charge on any atom is -0.488 e. The molecular formula is C21H20Cl2FNO3. The molecule has 1 saturated heterocycles. The van der Waals surface area contributed by atoms with Crippen molar-refractivity contribution in [3.8, 4) is 5.75 Å². The number of rotatable bonds is 5. The highest BCUT2D eigenvalue weighted by Gasteiger charge is 2.31. The molecule has 2 aromatic rings. The first-order chi connectivity index (χ1) is 13.4. The van der Waals surface area contributed by atoms with Gasteiger partial charge in [-0.25, -0.2) is 9.18 Å². The van der Waals surface area contributed by atoms with Crippen LogP contribution >= 0.6 is 23.2 Å². The summed E-state index contributed by atoms with van der Waals surface area (Å²) < 4.78 is 20.4. The predicted molar refractivity (Wildman–Crippen MR) is 108 cm³/mol. The Hall–Kier alpha value is -1.98. The fourth-order valence-electron chi connectivity index (χ4n) is 3.72. The standard InChI is InChI=1S/C21H20Cl2FNO3/c22-13-6-14(23)8-15(7-13)25-5-1-2-16(11-25)28-20-10-19(24)18(21(26)27)9-17(20)12-3-4-12/h6-10,12,16H,1-5,11H2,(H,26,27). The normalized spacial score (nSPS) is 19.5. The van der Waals surface area contributed by atoms with Crippen molar-refractivity contribution in [1.29, 1.82) is 0 Å². The van der Waals surface area contributed by atoms with E-state index >= 15 is 0 Å². The molecule has 0 amide bonds. The number of piperidine rings is 1. The van der Waals surface area contributed by atoms with Crippen LogP contribution in [0.15, 0.2) is 30.3 Å². The summed E-state index contributed by atoms with van der Waals surface area (Å²) in [7, 11) is 0. The fourth-order valence-corrected chi connectivity index (χ4v) is 4.24. The van der Waals surface area contributed by atoms with Gasteiger partial charge in [0.05, 0.1) is 12.1 Å². The molecule has 0 aromatic heterocycles. The lowest BCUT2D eigenvalue weighted by Crippen LogP contribution is -2.41. The van der Waals surface area contributed by atoms with Crippen LogP contribution in [0.5, 0.6) is 5.75 Å². The average molecular weight is 424 g/mol. The molecule has 1 N–H and O–H groups in total. The number of hydrogen-bond acceptors (Lipinski definition) is 3. The fraction of sp³-hybridized carbons (Fsp3) is 0.381. The van der Waals surface area contributed by atoms with Crippen LogP contribution in [0.1, 0.15) is 47.5 Å². The van der Waals surface area contributed by atoms with Crippen LogP contribution in [0.25, 0.3) is 0 Å². The maximum atomic E-state index is 14.2. The minimum atomic E-state index is -1.26. The Morgan fingerprint density at radius 3 is 2.46 bits per heavy atom. The van der Waals surface area contributed by atoms with Gasteiger partial charge in [-0.1, -0.05) is 23.2 Å². The number of anilines is 1. The van der Waals surface area contributed by atoms with Crippen molar-refractivity contribution < 1.29 is 19.0 Å². The number of ether oxygens (including phenoxy) is 1. The second kappa shape index (κ2) is 7.80. The topological polar surface area (TPSA) is 49.8 Å². The number of carboxylic acid groups (broad SMARTS) is 1. The highest BCUT2D eigenvalue weighted by Crippen LogP contribution is 2.45. The van der Waals surface area contributed by atoms with E-state index in [-0.39, 0.29) is 17.6 Å². The summed E-state index contributed by atoms with van der Waals surface area (Å²) >= 11 is 12.2. The number of nitrogens with zero attached hydrogens (tertiary/aromatic N) is 1. The number of benzene rings is 2. The first-order valence-corrected chi connectivity index (χ1v) is 10.1. The maximum Gasteiger partial charge on any atom is 0.338 e. The molecule has 0 radical (unpaired) electrons. The number of carboxylic acids is 1. The lowest BCUT2D eigenvalue weighted by Gasteiger charge is -2.35. The number of aromatic carboxylic acids is 1. The molecule has 1 unspecified atom stereocenters. The quantitative estimate of drug-likeness (QED) is 0.664. The smallest absolute Gasteiger partial charge is 0.338 e. The third kappa shape index (κ3) is 4.20. The largest absolute Gasteiger partial charge is 0.488 e. The first kappa shape index (κ1) is 19.3. The van der Waals surface area contributed by atoms with Crippen molar-refractivity contribution in [2.45, 2.75) is 37.7 Å². The van der Waals surface area contributed by atoms with E-state index in [1.54, 1.807) is 6.07 Å². The molecule has 2 aliphatic rings. The van der Waals surface area contributed by atoms with Gasteiger partial charge in [-0.15, -0.1) is 0 Å². The molecule has 1 saturated carbocycles. The molecule has 1 heterocycles. The first-order valence-electron chi connectivity index (χ1n) is 9.35. The monoisotopic (exact) mass is 423 g/mol. The molecule has 1 aliphatic carbocycles. The molecule has 2 fully saturated rings. The van der Waals surface area contributed by atoms with Gasteiger partial charge in [0, 0.05) is 28.3 Å². The maximum absolute atomic E-state index is 14.2. The van der Waals surface area contributed by atoms with E-state index < -0.39 is 11.8 Å². The Labute approximate surface area is 172 Å². The molecular weight excluding hydrogens is 404 g/mol. The van der Waals surface area contributed by atoms with Gasteiger partial charge in [-0.05, 0) is 61.4 Å². The van der Waals surface area contributed by atoms with Crippen LogP contribution in [0, 0.1) is 5.82 Å². The van der Waals surface area contributed by atoms with Gasteiger partial charge < -0.3 is 14.7 Å². The molecule has 7 heteroatoms. The predicted octanol–water partition coefficient (Wildman–Crippen LogP) is 5.76. The minimum absolute atomic E-state index is 0.126. The van der Waals surface area contributed by atoms with Crippen molar-refractivity contribution in [2.75, 3.05) is 18.0 Å². The van der Waals surface area contributed by atoms with Gasteiger partial charge in [0.15, 0.2) is 0 Å². The van der Waals surface area contributed by atoms with Crippen LogP contribution in [0.4, 0.5) is 10.1 Å². The van der Waals surface area contributed by atoms with Crippen molar-refractivity contribution in [2.24, 2.45) is 0 Å². The summed E-state index contributed by atoms with van der Waals surface area (Å²) in [6, 6.07) is 8.09. The second-order valence-electron chi connectivity index (χ2n) is 7.41. The van der Waals surface area contributed by atoms with E-state index in [2.05, 4.69) is 4.90 Å². The molecule has 28 heavy (non-hydrogen) atoms. The highest BCUT2D eigenvalue weighted by molar-refractivity contribution is 6.35. The van der Waals surface area contributed by atoms with E-state index in [0.717, 1.165) is 43.5 Å². The number of halogens is 3. The SMILES string of the molecule is O=C(O)c1cc(C2CC2)c(OC2CCCN(c3cc(Cl)cc(Cl)c3)C2)cc1F. The summed E-state index contributed by atoms with van der Waals surface area (Å²) in [5, 5.41) is 10.4. The summed E-state index contributed by atoms with van der Waals surface area (Å²) in [4.78, 5) is 13.4. The molecule has 0 bridgehead atoms. The van der Waals surface area contributed by atoms with Gasteiger partial charge in [0.2, 0.25) is 0 Å². The Kier molecular flexibility index (Phi) is 5.39. The zero-order chi connectivity index (χ0) is 19.8. The Morgan fingerprint density at radius 1 is 1.11 bits per heavy atom. The highest BCUT2D eigenvalue weighted by atomic mass is 35.5. The second-order valence-corrected chi connectivity index (χ2v) is 8.28. The van der Waals surface area contributed by atoms with Crippen LogP contribution < -0.4 is 9.64 Å². The summed E-state index contributed by atoms with van der Waals surface area (Å²) in [5.41, 5.74) is 1.43. The lowest BCUT2D eigenvalue weighted by molar-refractivity contribution is 0.0691. The van der Waals surface area contributed by atoms with Crippen LogP contribution in [0.2, 0.25) is 10.0 Å². The molecule has 1 aliphatic heterocycles. The summed E-state index contributed by atoms with van der Waals surface area (Å²) in [6.45, 7) is 1.49. The van der Waals surface area contributed by atoms with Crippen molar-refractivity contribution >= 4 is 34.9 Å². The molecule has 4 nitrogen and oxygen atoms in total. The van der Waals surface area contributed by atoms with Crippen LogP contribution in [-0.2, 0) is 0 Å². The van der Waals surface area contributed by atoms with Gasteiger partial charge in [0.25, 0.3) is 0 Å². The van der Waals surface area contributed by atoms with Gasteiger partial charge in [0.1, 0.15) is 17.7 Å². The number of hydrogen-bond donors (Lipinski definition) is 1. The van der Waals surface area contributed by atoms with Crippen LogP contribution in [0.3, 0.4) is 0 Å². The van der Waals surface area contributed by atoms with E-state index in [1.807, 2.05) is 12.1 Å². The Bertz CT molecular complexity index is 897. The van der Waals surface area contributed by atoms with E-state index in [1.165, 1.54) is 12.1 Å². The molecule has 1 atom stereocenters. The molecule has 4 rings (SSSR count). The van der Waals surface area contributed by atoms with E-state index in [0.29, 0.717) is 22.3 Å². The average Bonchev–Trinajstić information content (AvgIpc) is 3.46. The third-order valence-corrected chi connectivity index (χ3v) is 5.67. The van der Waals surface area contributed by atoms with E-state index in [4.69, 9.17) is 27.9 Å². The van der Waals surface area contributed by atoms with Gasteiger partial charge in [-0.2, -0.15) is 0 Å². The molecule has 2 aromatic carbocycles. The Balaban J connectivity index is 1.55. The third-order valence-electron chi connectivity index (χ3n) is 5.23. The summed E-state index contributed by atoms with van der Waals surface area (Å²) in [6.07, 6.45) is 3.58. The van der Waals surface area contributed by atoms with Gasteiger partial charge in [-0.3, -0.25) is 0 Å². The molecule has 148 valence electrons. The van der Waals surface area contributed by atoms with Crippen LogP contribution in [-0.4, -0.2) is 30.3 Å². The number of carbonyl (C=O) groups is 1. The molecule has 0 spiro atoms. The van der Waals surface area contributed by atoms with Gasteiger partial charge >= 0.3 is 5.97 Å². The zero-order valence-corrected chi connectivity index (χ0v) is 16.6. The summed E-state index contributed by atoms with van der Waals surface area (Å²) in [5.74, 6) is -1.31. The van der Waals surface area contributed by atoms with E-state index in [9.17, 15) is 14.3 Å². The van der Waals surface area contributed by atoms with Crippen molar-refractivity contribution in [3.05, 3.63) is 57.3 Å². The zero-order valence-electron chi connectivity index (χ0n) is 15.1. The Morgan fingerprint density at radius 2 is 1.82 bits per heavy atom.